The van der Waals surface area contributed by atoms with Crippen molar-refractivity contribution in [2.24, 2.45) is 0 Å². The molecule has 4 heteroatoms. The first kappa shape index (κ1) is 14.3. The van der Waals surface area contributed by atoms with Crippen molar-refractivity contribution in [2.45, 2.75) is 19.1 Å². The molecule has 112 valence electrons. The minimum absolute atomic E-state index is 0.0243. The highest BCUT2D eigenvalue weighted by Crippen LogP contribution is 2.35. The summed E-state index contributed by atoms with van der Waals surface area (Å²) in [5.74, 6) is 0.170. The van der Waals surface area contributed by atoms with E-state index >= 15 is 0 Å². The van der Waals surface area contributed by atoms with Crippen LogP contribution in [0.2, 0.25) is 0 Å². The van der Waals surface area contributed by atoms with Crippen molar-refractivity contribution in [2.75, 3.05) is 26.2 Å². The molecule has 1 aliphatic rings. The van der Waals surface area contributed by atoms with Crippen LogP contribution in [0.5, 0.6) is 5.75 Å². The van der Waals surface area contributed by atoms with E-state index in [1.807, 2.05) is 37.3 Å². The first-order valence-electron chi connectivity index (χ1n) is 7.52. The van der Waals surface area contributed by atoms with E-state index in [0.717, 1.165) is 37.0 Å². The zero-order valence-electron chi connectivity index (χ0n) is 12.3. The van der Waals surface area contributed by atoms with Gasteiger partial charge in [-0.15, -0.1) is 0 Å². The van der Waals surface area contributed by atoms with Gasteiger partial charge in [-0.3, -0.25) is 4.90 Å². The van der Waals surface area contributed by atoms with Crippen LogP contribution in [-0.2, 0) is 0 Å². The van der Waals surface area contributed by atoms with E-state index in [4.69, 9.17) is 0 Å². The number of hydrogen-bond acceptors (Lipinski definition) is 4. The Labute approximate surface area is 125 Å². The summed E-state index contributed by atoms with van der Waals surface area (Å²) in [5.41, 5.74) is 0.638. The van der Waals surface area contributed by atoms with Crippen LogP contribution in [0.3, 0.4) is 0 Å². The van der Waals surface area contributed by atoms with Crippen molar-refractivity contribution >= 4 is 10.8 Å². The highest BCUT2D eigenvalue weighted by Gasteiger charge is 2.27. The zero-order valence-corrected chi connectivity index (χ0v) is 12.3. The molecule has 1 aliphatic heterocycles. The second-order valence-electron chi connectivity index (χ2n) is 5.69. The third-order valence-corrected chi connectivity index (χ3v) is 4.43. The number of aromatic hydroxyl groups is 1. The van der Waals surface area contributed by atoms with Gasteiger partial charge in [0.05, 0.1) is 6.10 Å². The summed E-state index contributed by atoms with van der Waals surface area (Å²) >= 11 is 0. The number of aliphatic hydroxyl groups is 1. The summed E-state index contributed by atoms with van der Waals surface area (Å²) in [5, 5.41) is 26.3. The lowest BCUT2D eigenvalue weighted by Crippen LogP contribution is -2.49. The fourth-order valence-corrected chi connectivity index (χ4v) is 3.13. The summed E-state index contributed by atoms with van der Waals surface area (Å²) in [6.45, 7) is 5.75. The van der Waals surface area contributed by atoms with Gasteiger partial charge < -0.3 is 15.5 Å². The standard InChI is InChI=1S/C17H22N2O2/c1-12(19-10-8-18-9-11-19)17(21)16-14-5-3-2-4-13(14)6-7-15(16)20/h2-7,12,17-18,20-21H,8-11H2,1H3. The average molecular weight is 286 g/mol. The number of aliphatic hydroxyl groups excluding tert-OH is 1. The third kappa shape index (κ3) is 2.75. The van der Waals surface area contributed by atoms with Gasteiger partial charge in [0.1, 0.15) is 5.75 Å². The smallest absolute Gasteiger partial charge is 0.122 e. The molecule has 3 rings (SSSR count). The van der Waals surface area contributed by atoms with Crippen molar-refractivity contribution in [3.8, 4) is 5.75 Å². The molecule has 0 aromatic heterocycles. The second kappa shape index (κ2) is 6.02. The Morgan fingerprint density at radius 2 is 1.81 bits per heavy atom. The molecule has 2 atom stereocenters. The van der Waals surface area contributed by atoms with E-state index in [1.165, 1.54) is 0 Å². The number of phenols is 1. The lowest BCUT2D eigenvalue weighted by molar-refractivity contribution is 0.0505. The number of nitrogens with zero attached hydrogens (tertiary/aromatic N) is 1. The highest BCUT2D eigenvalue weighted by atomic mass is 16.3. The Hall–Kier alpha value is -1.62. The Bertz CT molecular complexity index is 623. The quantitative estimate of drug-likeness (QED) is 0.806. The largest absolute Gasteiger partial charge is 0.508 e. The van der Waals surface area contributed by atoms with Gasteiger partial charge in [-0.25, -0.2) is 0 Å². The van der Waals surface area contributed by atoms with Crippen molar-refractivity contribution in [1.29, 1.82) is 0 Å². The molecule has 1 saturated heterocycles. The Morgan fingerprint density at radius 1 is 1.10 bits per heavy atom. The number of rotatable bonds is 3. The molecule has 0 aliphatic carbocycles. The monoisotopic (exact) mass is 286 g/mol. The van der Waals surface area contributed by atoms with Crippen molar-refractivity contribution in [3.63, 3.8) is 0 Å². The van der Waals surface area contributed by atoms with E-state index in [9.17, 15) is 10.2 Å². The van der Waals surface area contributed by atoms with Gasteiger partial charge in [0.2, 0.25) is 0 Å². The molecule has 2 aromatic rings. The van der Waals surface area contributed by atoms with Crippen molar-refractivity contribution in [1.82, 2.24) is 10.2 Å². The van der Waals surface area contributed by atoms with Gasteiger partial charge >= 0.3 is 0 Å². The van der Waals surface area contributed by atoms with Gasteiger partial charge in [0, 0.05) is 37.8 Å². The maximum absolute atomic E-state index is 10.8. The summed E-state index contributed by atoms with van der Waals surface area (Å²) < 4.78 is 0. The molecule has 21 heavy (non-hydrogen) atoms. The Kier molecular flexibility index (Phi) is 4.10. The molecular formula is C17H22N2O2. The van der Waals surface area contributed by atoms with E-state index in [2.05, 4.69) is 10.2 Å². The van der Waals surface area contributed by atoms with E-state index in [1.54, 1.807) is 6.07 Å². The molecule has 2 unspecified atom stereocenters. The molecule has 0 amide bonds. The van der Waals surface area contributed by atoms with Crippen LogP contribution in [0.15, 0.2) is 36.4 Å². The number of nitrogens with one attached hydrogen (secondary N) is 1. The molecule has 2 aromatic carbocycles. The average Bonchev–Trinajstić information content (AvgIpc) is 2.54. The van der Waals surface area contributed by atoms with Gasteiger partial charge in [-0.1, -0.05) is 30.3 Å². The van der Waals surface area contributed by atoms with Crippen LogP contribution in [0.1, 0.15) is 18.6 Å². The SMILES string of the molecule is CC(C(O)c1c(O)ccc2ccccc12)N1CCNCC1. The highest BCUT2D eigenvalue weighted by molar-refractivity contribution is 5.88. The van der Waals surface area contributed by atoms with Gasteiger partial charge in [0.25, 0.3) is 0 Å². The van der Waals surface area contributed by atoms with Crippen molar-refractivity contribution in [3.05, 3.63) is 42.0 Å². The number of hydrogen-bond donors (Lipinski definition) is 3. The van der Waals surface area contributed by atoms with Gasteiger partial charge in [-0.05, 0) is 23.8 Å². The number of phenolic OH excluding ortho intramolecular Hbond substituents is 1. The molecule has 0 saturated carbocycles. The minimum Gasteiger partial charge on any atom is -0.508 e. The summed E-state index contributed by atoms with van der Waals surface area (Å²) in [6.07, 6.45) is -0.700. The predicted octanol–water partition coefficient (Wildman–Crippen LogP) is 1.87. The van der Waals surface area contributed by atoms with Crippen LogP contribution in [0.4, 0.5) is 0 Å². The van der Waals surface area contributed by atoms with E-state index < -0.39 is 6.10 Å². The fraction of sp³-hybridized carbons (Fsp3) is 0.412. The third-order valence-electron chi connectivity index (χ3n) is 4.43. The Balaban J connectivity index is 1.96. The topological polar surface area (TPSA) is 55.7 Å². The number of fused-ring (bicyclic) bond motifs is 1. The molecule has 0 spiro atoms. The molecule has 4 nitrogen and oxygen atoms in total. The van der Waals surface area contributed by atoms with Crippen LogP contribution < -0.4 is 5.32 Å². The van der Waals surface area contributed by atoms with Crippen LogP contribution in [-0.4, -0.2) is 47.3 Å². The molecule has 3 N–H and O–H groups in total. The molecule has 1 fully saturated rings. The summed E-state index contributed by atoms with van der Waals surface area (Å²) in [6, 6.07) is 11.4. The van der Waals surface area contributed by atoms with Crippen LogP contribution in [0.25, 0.3) is 10.8 Å². The summed E-state index contributed by atoms with van der Waals surface area (Å²) in [7, 11) is 0. The van der Waals surface area contributed by atoms with Crippen LogP contribution >= 0.6 is 0 Å². The molecular weight excluding hydrogens is 264 g/mol. The van der Waals surface area contributed by atoms with E-state index in [0.29, 0.717) is 5.56 Å². The van der Waals surface area contributed by atoms with Crippen LogP contribution in [0, 0.1) is 0 Å². The lowest BCUT2D eigenvalue weighted by atomic mass is 9.95. The van der Waals surface area contributed by atoms with Crippen molar-refractivity contribution < 1.29 is 10.2 Å². The molecule has 0 bridgehead atoms. The Morgan fingerprint density at radius 3 is 2.57 bits per heavy atom. The maximum atomic E-state index is 10.8. The predicted molar refractivity (Wildman–Crippen MR) is 84.5 cm³/mol. The first-order valence-corrected chi connectivity index (χ1v) is 7.52. The maximum Gasteiger partial charge on any atom is 0.122 e. The summed E-state index contributed by atoms with van der Waals surface area (Å²) in [4.78, 5) is 2.27. The fourth-order valence-electron chi connectivity index (χ4n) is 3.13. The zero-order chi connectivity index (χ0) is 14.8. The number of benzene rings is 2. The normalized spacial score (nSPS) is 19.5. The second-order valence-corrected chi connectivity index (χ2v) is 5.69. The molecule has 0 radical (unpaired) electrons. The van der Waals surface area contributed by atoms with E-state index in [-0.39, 0.29) is 11.8 Å². The van der Waals surface area contributed by atoms with Gasteiger partial charge in [-0.2, -0.15) is 0 Å². The first-order chi connectivity index (χ1) is 10.2. The number of piperazine rings is 1. The van der Waals surface area contributed by atoms with Gasteiger partial charge in [0.15, 0.2) is 0 Å². The molecule has 1 heterocycles. The lowest BCUT2D eigenvalue weighted by Gasteiger charge is -2.35. The minimum atomic E-state index is -0.700.